The van der Waals surface area contributed by atoms with Crippen LogP contribution < -0.4 is 19.6 Å². The summed E-state index contributed by atoms with van der Waals surface area (Å²) in [7, 11) is 0. The molecule has 0 saturated heterocycles. The molecule has 0 unspecified atom stereocenters. The normalized spacial score (nSPS) is 16.0. The van der Waals surface area contributed by atoms with Gasteiger partial charge >= 0.3 is 0 Å². The number of benzene rings is 15. The molecular weight excluding hydrogens is 1430 g/mol. The zero-order chi connectivity index (χ0) is 80.5. The van der Waals surface area contributed by atoms with Gasteiger partial charge in [-0.3, -0.25) is 0 Å². The van der Waals surface area contributed by atoms with Crippen LogP contribution in [-0.2, 0) is 32.5 Å². The summed E-state index contributed by atoms with van der Waals surface area (Å²) in [6.07, 6.45) is 5.98. The predicted molar refractivity (Wildman–Crippen MR) is 498 cm³/mol. The molecule has 0 amide bonds. The van der Waals surface area contributed by atoms with E-state index in [0.717, 1.165) is 55.6 Å². The number of hydrogen-bond donors (Lipinski definition) is 0. The minimum Gasteiger partial charge on any atom is -0.311 e. The summed E-state index contributed by atoms with van der Waals surface area (Å²) in [4.78, 5) is 10.0. The minimum atomic E-state index is -0.159. The maximum atomic E-state index is 2.53. The zero-order valence-electron chi connectivity index (χ0n) is 70.2. The van der Waals surface area contributed by atoms with E-state index in [-0.39, 0.29) is 32.5 Å². The summed E-state index contributed by atoms with van der Waals surface area (Å²) < 4.78 is 0. The molecule has 3 aliphatic carbocycles. The first-order valence-corrected chi connectivity index (χ1v) is 43.4. The van der Waals surface area contributed by atoms with Crippen LogP contribution in [-0.4, -0.2) is 0 Å². The van der Waals surface area contributed by atoms with E-state index in [4.69, 9.17) is 0 Å². The van der Waals surface area contributed by atoms with Gasteiger partial charge in [-0.2, -0.15) is 0 Å². The first-order valence-electron chi connectivity index (χ1n) is 43.4. The molecular formula is C114H102N4. The lowest BCUT2D eigenvalue weighted by molar-refractivity contribution is 0.490. The number of rotatable bonds is 15. The Morgan fingerprint density at radius 3 is 0.593 bits per heavy atom. The highest BCUT2D eigenvalue weighted by Gasteiger charge is 2.47. The lowest BCUT2D eigenvalue weighted by Crippen LogP contribution is -2.30. The van der Waals surface area contributed by atoms with Crippen LogP contribution in [0.25, 0.3) is 66.8 Å². The third-order valence-corrected chi connectivity index (χ3v) is 29.7. The Kier molecular flexibility index (Phi) is 16.8. The molecule has 0 N–H and O–H groups in total. The summed E-state index contributed by atoms with van der Waals surface area (Å²) >= 11 is 0. The Bertz CT molecular complexity index is 5790. The number of hydrogen-bond acceptors (Lipinski definition) is 4. The molecule has 21 rings (SSSR count). The Labute approximate surface area is 698 Å². The summed E-state index contributed by atoms with van der Waals surface area (Å²) in [6.45, 7) is 28.6. The summed E-state index contributed by atoms with van der Waals surface area (Å²) in [5.74, 6) is 0. The second-order valence-electron chi connectivity index (χ2n) is 35.8. The maximum absolute atomic E-state index is 2.53. The average molecular weight is 1530 g/mol. The van der Waals surface area contributed by atoms with E-state index >= 15 is 0 Å². The van der Waals surface area contributed by atoms with Crippen molar-refractivity contribution < 1.29 is 0 Å². The van der Waals surface area contributed by atoms with Gasteiger partial charge in [0.1, 0.15) is 0 Å². The van der Waals surface area contributed by atoms with Crippen molar-refractivity contribution in [1.29, 1.82) is 0 Å². The maximum Gasteiger partial charge on any atom is 0.0502 e. The fourth-order valence-corrected chi connectivity index (χ4v) is 23.1. The highest BCUT2D eigenvalue weighted by Crippen LogP contribution is 2.63. The minimum absolute atomic E-state index is 0.130. The van der Waals surface area contributed by atoms with Crippen molar-refractivity contribution in [2.24, 2.45) is 0 Å². The van der Waals surface area contributed by atoms with E-state index in [1.807, 2.05) is 0 Å². The Morgan fingerprint density at radius 1 is 0.195 bits per heavy atom. The van der Waals surface area contributed by atoms with Gasteiger partial charge in [0.25, 0.3) is 0 Å². The van der Waals surface area contributed by atoms with Crippen LogP contribution in [0.1, 0.15) is 188 Å². The number of anilines is 12. The van der Waals surface area contributed by atoms with E-state index < -0.39 is 0 Å². The van der Waals surface area contributed by atoms with E-state index in [0.29, 0.717) is 0 Å². The van der Waals surface area contributed by atoms with Gasteiger partial charge in [-0.1, -0.05) is 283 Å². The van der Waals surface area contributed by atoms with E-state index in [9.17, 15) is 0 Å². The van der Waals surface area contributed by atoms with Crippen molar-refractivity contribution in [2.75, 3.05) is 19.6 Å². The molecule has 6 aliphatic rings. The van der Waals surface area contributed by atoms with Crippen molar-refractivity contribution in [2.45, 2.75) is 154 Å². The van der Waals surface area contributed by atoms with Crippen LogP contribution in [0.15, 0.2) is 328 Å². The monoisotopic (exact) mass is 1530 g/mol. The van der Waals surface area contributed by atoms with Crippen LogP contribution in [0.4, 0.5) is 68.2 Å². The van der Waals surface area contributed by atoms with E-state index in [1.165, 1.54) is 185 Å². The van der Waals surface area contributed by atoms with Gasteiger partial charge in [0.2, 0.25) is 0 Å². The summed E-state index contributed by atoms with van der Waals surface area (Å²) in [5, 5.41) is 0. The molecule has 0 radical (unpaired) electrons. The third kappa shape index (κ3) is 10.4. The van der Waals surface area contributed by atoms with Crippen LogP contribution in [0.2, 0.25) is 0 Å². The Balaban J connectivity index is 0.628. The van der Waals surface area contributed by atoms with Crippen LogP contribution in [0.3, 0.4) is 0 Å². The molecule has 578 valence electrons. The van der Waals surface area contributed by atoms with Crippen LogP contribution in [0.5, 0.6) is 0 Å². The molecule has 0 atom stereocenters. The third-order valence-electron chi connectivity index (χ3n) is 29.7. The van der Waals surface area contributed by atoms with E-state index in [2.05, 4.69) is 430 Å². The topological polar surface area (TPSA) is 13.0 Å². The SMILES string of the molecule is CCC1(CC)c2cc(-c3ccc(N(c4ccc(-c5ccc6c(c5)C(CC)(CC)c5cc(N7c8ccccc8C(C)(C)c8ccccc87)ccc5-6)cc4)c4ccc(-c5ccc6c(c5)C(CC)(CC)c5cc(N7c8ccccc8C(C)(C)c8ccccc87)ccc5-6)cc4)cc3)ccc2-c2ccc(N3c4ccccc4C(C)(C)c4ccccc43)cc21. The smallest absolute Gasteiger partial charge is 0.0502 e. The lowest BCUT2D eigenvalue weighted by Gasteiger charge is -2.42. The fourth-order valence-electron chi connectivity index (χ4n) is 23.1. The molecule has 0 fully saturated rings. The number of nitrogens with zero attached hydrogens (tertiary/aromatic N) is 4. The van der Waals surface area contributed by atoms with Gasteiger partial charge in [-0.05, 0) is 299 Å². The number of fused-ring (bicyclic) bond motifs is 15. The first kappa shape index (κ1) is 73.1. The van der Waals surface area contributed by atoms with Gasteiger partial charge in [0.15, 0.2) is 0 Å². The lowest BCUT2D eigenvalue weighted by atomic mass is 9.72. The van der Waals surface area contributed by atoms with E-state index in [1.54, 1.807) is 0 Å². The van der Waals surface area contributed by atoms with Crippen molar-refractivity contribution >= 4 is 68.2 Å². The second-order valence-corrected chi connectivity index (χ2v) is 35.8. The largest absolute Gasteiger partial charge is 0.311 e. The van der Waals surface area contributed by atoms with Gasteiger partial charge in [-0.25, -0.2) is 0 Å². The molecule has 15 aromatic carbocycles. The van der Waals surface area contributed by atoms with Crippen molar-refractivity contribution in [1.82, 2.24) is 0 Å². The zero-order valence-corrected chi connectivity index (χ0v) is 70.2. The molecule has 0 saturated carbocycles. The van der Waals surface area contributed by atoms with Gasteiger partial charge in [0, 0.05) is 66.6 Å². The molecule has 118 heavy (non-hydrogen) atoms. The van der Waals surface area contributed by atoms with Gasteiger partial charge < -0.3 is 19.6 Å². The van der Waals surface area contributed by atoms with Crippen molar-refractivity contribution in [3.63, 3.8) is 0 Å². The quantitative estimate of drug-likeness (QED) is 0.101. The molecule has 0 spiro atoms. The van der Waals surface area contributed by atoms with Gasteiger partial charge in [-0.15, -0.1) is 0 Å². The van der Waals surface area contributed by atoms with Crippen LogP contribution >= 0.6 is 0 Å². The number of para-hydroxylation sites is 6. The highest BCUT2D eigenvalue weighted by atomic mass is 15.2. The summed E-state index contributed by atoms with van der Waals surface area (Å²) in [6, 6.07) is 126. The second kappa shape index (κ2) is 27.0. The molecule has 0 bridgehead atoms. The standard InChI is InChI=1S/C114H102N4/c1-13-112(14-2)97-67-76(49-61-85(97)88-64-58-82(70-100(88)112)116-103-37-25-19-31-91(103)109(7,8)92-32-20-26-38-104(92)116)73-43-52-79(53-44-73)115(80-54-45-74(46-55-80)77-50-62-86-89-65-59-83(71-101(89)113(15-3,16-4)98(86)68-77)117-105-39-27-21-33-93(105)110(9,10)94-34-22-28-40-106(94)117)81-56-47-75(48-57-81)78-51-63-87-90-66-60-84(72-102(90)114(17-5,18-6)99(87)69-78)118-107-41-29-23-35-95(107)111(11,12)96-36-24-30-42-108(96)118/h19-72H,13-18H2,1-12H3. The fraction of sp³-hybridized carbons (Fsp3) is 0.211. The van der Waals surface area contributed by atoms with Gasteiger partial charge in [0.05, 0.1) is 34.1 Å². The average Bonchev–Trinajstić information content (AvgIpc) is 1.47. The van der Waals surface area contributed by atoms with Crippen LogP contribution in [0, 0.1) is 0 Å². The molecule has 15 aromatic rings. The highest BCUT2D eigenvalue weighted by molar-refractivity contribution is 5.96. The molecule has 0 aromatic heterocycles. The summed E-state index contributed by atoms with van der Waals surface area (Å²) in [5.41, 5.74) is 45.6. The van der Waals surface area contributed by atoms with Crippen molar-refractivity contribution in [3.05, 3.63) is 394 Å². The molecule has 4 heteroatoms. The van der Waals surface area contributed by atoms with Crippen molar-refractivity contribution in [3.8, 4) is 66.8 Å². The molecule has 4 nitrogen and oxygen atoms in total. The molecule has 3 aliphatic heterocycles. The Morgan fingerprint density at radius 2 is 0.381 bits per heavy atom. The Hall–Kier alpha value is -12.5. The first-order chi connectivity index (χ1) is 57.4. The predicted octanol–water partition coefficient (Wildman–Crippen LogP) is 31.7. The molecule has 3 heterocycles.